The molecule has 0 N–H and O–H groups in total. The van der Waals surface area contributed by atoms with Crippen molar-refractivity contribution in [2.45, 2.75) is 44.7 Å². The summed E-state index contributed by atoms with van der Waals surface area (Å²) in [6.45, 7) is 0.769. The molecule has 4 aromatic rings. The average Bonchev–Trinajstić information content (AvgIpc) is 2.88. The second-order valence-electron chi connectivity index (χ2n) is 9.20. The summed E-state index contributed by atoms with van der Waals surface area (Å²) in [6, 6.07) is 23.3. The fraction of sp³-hybridized carbons (Fsp3) is 0.290. The second kappa shape index (κ2) is 11.7. The van der Waals surface area contributed by atoms with Gasteiger partial charge in [-0.1, -0.05) is 66.7 Å². The molecule has 1 nitrogen and oxygen atoms in total. The summed E-state index contributed by atoms with van der Waals surface area (Å²) < 4.78 is 58.5. The first kappa shape index (κ1) is 25.9. The van der Waals surface area contributed by atoms with E-state index in [0.29, 0.717) is 23.8 Å². The van der Waals surface area contributed by atoms with E-state index >= 15 is 4.39 Å². The smallest absolute Gasteiger partial charge is 0.385 e. The molecular formula is C31H30F4O. The molecule has 0 aliphatic carbocycles. The van der Waals surface area contributed by atoms with Gasteiger partial charge in [-0.15, -0.1) is 0 Å². The Morgan fingerprint density at radius 2 is 1.19 bits per heavy atom. The zero-order valence-electron chi connectivity index (χ0n) is 20.4. The zero-order valence-corrected chi connectivity index (χ0v) is 20.4. The largest absolute Gasteiger partial charge is 0.416 e. The van der Waals surface area contributed by atoms with Crippen LogP contribution in [-0.2, 0) is 43.0 Å². The molecule has 0 fully saturated rings. The van der Waals surface area contributed by atoms with Gasteiger partial charge in [-0.3, -0.25) is 0 Å². The Morgan fingerprint density at radius 1 is 0.639 bits per heavy atom. The van der Waals surface area contributed by atoms with Crippen molar-refractivity contribution in [2.75, 3.05) is 13.7 Å². The third-order valence-corrected chi connectivity index (χ3v) is 6.60. The van der Waals surface area contributed by atoms with Crippen LogP contribution in [-0.4, -0.2) is 13.7 Å². The number of ether oxygens (including phenoxy) is 1. The van der Waals surface area contributed by atoms with E-state index < -0.39 is 11.7 Å². The van der Waals surface area contributed by atoms with Crippen LogP contribution < -0.4 is 0 Å². The summed E-state index contributed by atoms with van der Waals surface area (Å²) in [6.07, 6.45) is 0.363. The third kappa shape index (κ3) is 6.73. The van der Waals surface area contributed by atoms with E-state index in [9.17, 15) is 13.2 Å². The van der Waals surface area contributed by atoms with Crippen LogP contribution in [0.3, 0.4) is 0 Å². The lowest BCUT2D eigenvalue weighted by Gasteiger charge is -2.10. The monoisotopic (exact) mass is 494 g/mol. The van der Waals surface area contributed by atoms with Crippen molar-refractivity contribution in [1.29, 1.82) is 0 Å². The number of hydrogen-bond acceptors (Lipinski definition) is 1. The topological polar surface area (TPSA) is 9.23 Å². The first-order chi connectivity index (χ1) is 17.3. The van der Waals surface area contributed by atoms with Crippen LogP contribution in [0.1, 0.15) is 39.8 Å². The minimum absolute atomic E-state index is 0.255. The molecule has 0 saturated carbocycles. The maximum Gasteiger partial charge on any atom is 0.416 e. The molecular weight excluding hydrogens is 464 g/mol. The number of fused-ring (bicyclic) bond motifs is 1. The molecule has 5 heteroatoms. The molecule has 0 aliphatic rings. The summed E-state index contributed by atoms with van der Waals surface area (Å²) in [4.78, 5) is 0. The lowest BCUT2D eigenvalue weighted by Crippen LogP contribution is -2.04. The van der Waals surface area contributed by atoms with Crippen LogP contribution in [0.15, 0.2) is 78.9 Å². The lowest BCUT2D eigenvalue weighted by molar-refractivity contribution is -0.137. The molecule has 188 valence electrons. The Hall–Kier alpha value is -3.18. The molecule has 0 aliphatic heterocycles. The van der Waals surface area contributed by atoms with E-state index in [2.05, 4.69) is 24.3 Å². The molecule has 0 saturated heterocycles. The first-order valence-corrected chi connectivity index (χ1v) is 12.3. The first-order valence-electron chi connectivity index (χ1n) is 12.3. The van der Waals surface area contributed by atoms with E-state index in [-0.39, 0.29) is 5.82 Å². The Balaban J connectivity index is 1.36. The number of hydrogen-bond donors (Lipinski definition) is 0. The highest BCUT2D eigenvalue weighted by atomic mass is 19.4. The standard InChI is InChI=1S/C31H30F4O/c1-36-20-2-3-22-4-6-23(7-5-22)8-9-25-13-19-29-27(21-25)16-15-26(30(29)32)14-10-24-11-17-28(18-12-24)31(33,34)35/h4-7,11-13,15-19,21H,2-3,8-10,14,20H2,1H3. The molecule has 0 aromatic heterocycles. The van der Waals surface area contributed by atoms with Crippen molar-refractivity contribution >= 4 is 10.8 Å². The van der Waals surface area contributed by atoms with Gasteiger partial charge in [0.25, 0.3) is 0 Å². The normalized spacial score (nSPS) is 11.8. The predicted molar refractivity (Wildman–Crippen MR) is 137 cm³/mol. The molecule has 36 heavy (non-hydrogen) atoms. The zero-order chi connectivity index (χ0) is 25.5. The van der Waals surface area contributed by atoms with Crippen molar-refractivity contribution in [1.82, 2.24) is 0 Å². The van der Waals surface area contributed by atoms with Crippen molar-refractivity contribution < 1.29 is 22.3 Å². The summed E-state index contributed by atoms with van der Waals surface area (Å²) in [7, 11) is 1.72. The van der Waals surface area contributed by atoms with Crippen LogP contribution >= 0.6 is 0 Å². The number of alkyl halides is 3. The molecule has 4 rings (SSSR count). The number of methoxy groups -OCH3 is 1. The van der Waals surface area contributed by atoms with Gasteiger partial charge in [-0.25, -0.2) is 4.39 Å². The molecule has 0 radical (unpaired) electrons. The molecule has 4 aromatic carbocycles. The SMILES string of the molecule is COCCCc1ccc(CCc2ccc3c(F)c(CCc4ccc(C(F)(F)F)cc4)ccc3c2)cc1. The average molecular weight is 495 g/mol. The van der Waals surface area contributed by atoms with Gasteiger partial charge in [0.2, 0.25) is 0 Å². The highest BCUT2D eigenvalue weighted by molar-refractivity contribution is 5.84. The number of benzene rings is 4. The summed E-state index contributed by atoms with van der Waals surface area (Å²) in [5.41, 5.74) is 4.39. The molecule has 0 unspecified atom stereocenters. The molecule has 0 atom stereocenters. The van der Waals surface area contributed by atoms with Crippen molar-refractivity contribution in [2.24, 2.45) is 0 Å². The van der Waals surface area contributed by atoms with Gasteiger partial charge in [-0.05, 0) is 83.9 Å². The van der Waals surface area contributed by atoms with Crippen LogP contribution in [0.4, 0.5) is 17.6 Å². The van der Waals surface area contributed by atoms with Crippen LogP contribution in [0.25, 0.3) is 10.8 Å². The van der Waals surface area contributed by atoms with Crippen LogP contribution in [0.2, 0.25) is 0 Å². The van der Waals surface area contributed by atoms with Crippen molar-refractivity contribution in [3.8, 4) is 0 Å². The van der Waals surface area contributed by atoms with Crippen molar-refractivity contribution in [3.05, 3.63) is 118 Å². The van der Waals surface area contributed by atoms with Crippen LogP contribution in [0, 0.1) is 5.82 Å². The van der Waals surface area contributed by atoms with Crippen LogP contribution in [0.5, 0.6) is 0 Å². The Labute approximate surface area is 209 Å². The highest BCUT2D eigenvalue weighted by Crippen LogP contribution is 2.29. The number of halogens is 4. The summed E-state index contributed by atoms with van der Waals surface area (Å²) >= 11 is 0. The quantitative estimate of drug-likeness (QED) is 0.160. The van der Waals surface area contributed by atoms with E-state index in [1.54, 1.807) is 13.2 Å². The number of aryl methyl sites for hydroxylation is 5. The maximum atomic E-state index is 15.2. The molecule has 0 amide bonds. The molecule has 0 bridgehead atoms. The minimum atomic E-state index is -4.35. The molecule has 0 heterocycles. The van der Waals surface area contributed by atoms with Gasteiger partial charge in [0.1, 0.15) is 5.82 Å². The summed E-state index contributed by atoms with van der Waals surface area (Å²) in [5, 5.41) is 1.43. The minimum Gasteiger partial charge on any atom is -0.385 e. The van der Waals surface area contributed by atoms with E-state index in [4.69, 9.17) is 4.74 Å². The van der Waals surface area contributed by atoms with Gasteiger partial charge in [0.15, 0.2) is 0 Å². The fourth-order valence-corrected chi connectivity index (χ4v) is 4.46. The van der Waals surface area contributed by atoms with Gasteiger partial charge in [0.05, 0.1) is 5.56 Å². The fourth-order valence-electron chi connectivity index (χ4n) is 4.46. The van der Waals surface area contributed by atoms with Crippen molar-refractivity contribution in [3.63, 3.8) is 0 Å². The summed E-state index contributed by atoms with van der Waals surface area (Å²) in [5.74, 6) is -0.255. The van der Waals surface area contributed by atoms with Gasteiger partial charge in [0, 0.05) is 19.1 Å². The Morgan fingerprint density at radius 3 is 1.83 bits per heavy atom. The van der Waals surface area contributed by atoms with E-state index in [1.807, 2.05) is 24.3 Å². The molecule has 0 spiro atoms. The van der Waals surface area contributed by atoms with Gasteiger partial charge < -0.3 is 4.74 Å². The van der Waals surface area contributed by atoms with E-state index in [0.717, 1.165) is 60.9 Å². The Kier molecular flexibility index (Phi) is 8.42. The van der Waals surface area contributed by atoms with Gasteiger partial charge in [-0.2, -0.15) is 13.2 Å². The van der Waals surface area contributed by atoms with E-state index in [1.165, 1.54) is 23.3 Å². The third-order valence-electron chi connectivity index (χ3n) is 6.60. The lowest BCUT2D eigenvalue weighted by atomic mass is 9.97. The maximum absolute atomic E-state index is 15.2. The van der Waals surface area contributed by atoms with Gasteiger partial charge >= 0.3 is 6.18 Å². The number of rotatable bonds is 10. The highest BCUT2D eigenvalue weighted by Gasteiger charge is 2.29. The predicted octanol–water partition coefficient (Wildman–Crippen LogP) is 8.15. The Bertz CT molecular complexity index is 1280. The second-order valence-corrected chi connectivity index (χ2v) is 9.20.